The summed E-state index contributed by atoms with van der Waals surface area (Å²) >= 11 is 0. The predicted molar refractivity (Wildman–Crippen MR) is 82.5 cm³/mol. The van der Waals surface area contributed by atoms with Crippen molar-refractivity contribution in [3.05, 3.63) is 28.8 Å². The number of rotatable bonds is 8. The molecule has 0 bridgehead atoms. The first kappa shape index (κ1) is 15.8. The molecule has 1 aliphatic carbocycles. The van der Waals surface area contributed by atoms with E-state index in [-0.39, 0.29) is 5.97 Å². The SMILES string of the molecule is COC(=O)CCCOc1c(C)cc(CNC2CC2)cc1C. The van der Waals surface area contributed by atoms with Crippen LogP contribution in [0.5, 0.6) is 5.75 Å². The maximum Gasteiger partial charge on any atom is 0.305 e. The summed E-state index contributed by atoms with van der Waals surface area (Å²) in [4.78, 5) is 11.0. The second-order valence-electron chi connectivity index (χ2n) is 5.74. The fraction of sp³-hybridized carbons (Fsp3) is 0.588. The molecular formula is C17H25NO3. The highest BCUT2D eigenvalue weighted by atomic mass is 16.5. The lowest BCUT2D eigenvalue weighted by Gasteiger charge is -2.14. The lowest BCUT2D eigenvalue weighted by molar-refractivity contribution is -0.140. The Morgan fingerprint density at radius 2 is 1.95 bits per heavy atom. The minimum Gasteiger partial charge on any atom is -0.493 e. The van der Waals surface area contributed by atoms with E-state index in [4.69, 9.17) is 4.74 Å². The second kappa shape index (κ2) is 7.46. The van der Waals surface area contributed by atoms with Gasteiger partial charge in [-0.25, -0.2) is 0 Å². The fourth-order valence-corrected chi connectivity index (χ4v) is 2.41. The summed E-state index contributed by atoms with van der Waals surface area (Å²) in [5.41, 5.74) is 3.61. The summed E-state index contributed by atoms with van der Waals surface area (Å²) in [5, 5.41) is 3.53. The van der Waals surface area contributed by atoms with E-state index >= 15 is 0 Å². The third kappa shape index (κ3) is 5.05. The highest BCUT2D eigenvalue weighted by Crippen LogP contribution is 2.26. The second-order valence-corrected chi connectivity index (χ2v) is 5.74. The smallest absolute Gasteiger partial charge is 0.305 e. The van der Waals surface area contributed by atoms with Gasteiger partial charge in [0.15, 0.2) is 0 Å². The van der Waals surface area contributed by atoms with Gasteiger partial charge in [-0.3, -0.25) is 4.79 Å². The van der Waals surface area contributed by atoms with Gasteiger partial charge in [-0.1, -0.05) is 12.1 Å². The van der Waals surface area contributed by atoms with Crippen molar-refractivity contribution in [1.29, 1.82) is 0 Å². The van der Waals surface area contributed by atoms with Crippen molar-refractivity contribution in [2.24, 2.45) is 0 Å². The highest BCUT2D eigenvalue weighted by Gasteiger charge is 2.20. The van der Waals surface area contributed by atoms with Crippen LogP contribution in [0.3, 0.4) is 0 Å². The standard InChI is InChI=1S/C17H25NO3/c1-12-9-14(11-18-15-6-7-15)10-13(2)17(12)21-8-4-5-16(19)20-3/h9-10,15,18H,4-8,11H2,1-3H3. The van der Waals surface area contributed by atoms with Gasteiger partial charge >= 0.3 is 5.97 Å². The van der Waals surface area contributed by atoms with Gasteiger partial charge in [0.2, 0.25) is 0 Å². The van der Waals surface area contributed by atoms with E-state index in [1.807, 2.05) is 0 Å². The molecule has 4 nitrogen and oxygen atoms in total. The molecular weight excluding hydrogens is 266 g/mol. The van der Waals surface area contributed by atoms with Crippen molar-refractivity contribution in [3.63, 3.8) is 0 Å². The number of esters is 1. The number of ether oxygens (including phenoxy) is 2. The van der Waals surface area contributed by atoms with Crippen LogP contribution in [0.15, 0.2) is 12.1 Å². The van der Waals surface area contributed by atoms with Gasteiger partial charge in [0, 0.05) is 19.0 Å². The van der Waals surface area contributed by atoms with Crippen molar-refractivity contribution in [2.45, 2.75) is 52.1 Å². The number of methoxy groups -OCH3 is 1. The number of nitrogens with one attached hydrogen (secondary N) is 1. The lowest BCUT2D eigenvalue weighted by atomic mass is 10.1. The van der Waals surface area contributed by atoms with Crippen molar-refractivity contribution < 1.29 is 14.3 Å². The van der Waals surface area contributed by atoms with E-state index in [2.05, 4.69) is 36.0 Å². The molecule has 21 heavy (non-hydrogen) atoms. The molecule has 1 saturated carbocycles. The average Bonchev–Trinajstić information content (AvgIpc) is 3.27. The Hall–Kier alpha value is -1.55. The summed E-state index contributed by atoms with van der Waals surface area (Å²) in [5.74, 6) is 0.753. The molecule has 0 atom stereocenters. The number of hydrogen-bond acceptors (Lipinski definition) is 4. The Morgan fingerprint density at radius 3 is 2.52 bits per heavy atom. The van der Waals surface area contributed by atoms with Gasteiger partial charge < -0.3 is 14.8 Å². The third-order valence-electron chi connectivity index (χ3n) is 3.69. The van der Waals surface area contributed by atoms with Gasteiger partial charge in [-0.2, -0.15) is 0 Å². The normalized spacial score (nSPS) is 14.0. The van der Waals surface area contributed by atoms with E-state index in [1.165, 1.54) is 25.5 Å². The number of hydrogen-bond donors (Lipinski definition) is 1. The number of carbonyl (C=O) groups excluding carboxylic acids is 1. The zero-order valence-corrected chi connectivity index (χ0v) is 13.2. The van der Waals surface area contributed by atoms with Crippen LogP contribution in [0.2, 0.25) is 0 Å². The van der Waals surface area contributed by atoms with Crippen LogP contribution in [0.4, 0.5) is 0 Å². The zero-order valence-electron chi connectivity index (χ0n) is 13.2. The van der Waals surface area contributed by atoms with Gasteiger partial charge in [0.05, 0.1) is 13.7 Å². The van der Waals surface area contributed by atoms with E-state index in [0.29, 0.717) is 19.4 Å². The predicted octanol–water partition coefficient (Wildman–Crippen LogP) is 2.89. The molecule has 116 valence electrons. The molecule has 0 spiro atoms. The van der Waals surface area contributed by atoms with Crippen molar-refractivity contribution in [1.82, 2.24) is 5.32 Å². The van der Waals surface area contributed by atoms with Crippen LogP contribution in [-0.4, -0.2) is 25.7 Å². The molecule has 0 heterocycles. The van der Waals surface area contributed by atoms with Crippen LogP contribution in [0.25, 0.3) is 0 Å². The Morgan fingerprint density at radius 1 is 1.29 bits per heavy atom. The summed E-state index contributed by atoms with van der Waals surface area (Å²) in [6.45, 7) is 5.61. The maximum atomic E-state index is 11.0. The molecule has 0 saturated heterocycles. The highest BCUT2D eigenvalue weighted by molar-refractivity contribution is 5.69. The molecule has 2 rings (SSSR count). The van der Waals surface area contributed by atoms with Gasteiger partial charge in [-0.05, 0) is 49.8 Å². The Labute approximate surface area is 126 Å². The molecule has 0 amide bonds. The number of benzene rings is 1. The van der Waals surface area contributed by atoms with E-state index in [1.54, 1.807) is 0 Å². The van der Waals surface area contributed by atoms with E-state index in [9.17, 15) is 4.79 Å². The Balaban J connectivity index is 1.85. The average molecular weight is 291 g/mol. The largest absolute Gasteiger partial charge is 0.493 e. The van der Waals surface area contributed by atoms with E-state index < -0.39 is 0 Å². The van der Waals surface area contributed by atoms with Gasteiger partial charge in [-0.15, -0.1) is 0 Å². The minimum atomic E-state index is -0.187. The van der Waals surface area contributed by atoms with Crippen LogP contribution >= 0.6 is 0 Å². The summed E-state index contributed by atoms with van der Waals surface area (Å²) in [6, 6.07) is 5.08. The van der Waals surface area contributed by atoms with Crippen LogP contribution in [0, 0.1) is 13.8 Å². The number of carbonyl (C=O) groups is 1. The maximum absolute atomic E-state index is 11.0. The van der Waals surface area contributed by atoms with Gasteiger partial charge in [0.25, 0.3) is 0 Å². The first-order chi connectivity index (χ1) is 10.1. The first-order valence-electron chi connectivity index (χ1n) is 7.63. The lowest BCUT2D eigenvalue weighted by Crippen LogP contribution is -2.15. The van der Waals surface area contributed by atoms with Crippen molar-refractivity contribution in [2.75, 3.05) is 13.7 Å². The molecule has 1 aromatic rings. The molecule has 0 radical (unpaired) electrons. The molecule has 1 N–H and O–H groups in total. The quantitative estimate of drug-likeness (QED) is 0.591. The van der Waals surface area contributed by atoms with Crippen LogP contribution in [-0.2, 0) is 16.1 Å². The molecule has 1 aromatic carbocycles. The topological polar surface area (TPSA) is 47.6 Å². The molecule has 4 heteroatoms. The summed E-state index contributed by atoms with van der Waals surface area (Å²) in [6.07, 6.45) is 3.69. The summed E-state index contributed by atoms with van der Waals surface area (Å²) in [7, 11) is 1.41. The fourth-order valence-electron chi connectivity index (χ4n) is 2.41. The molecule has 1 aliphatic rings. The Bertz CT molecular complexity index is 472. The monoisotopic (exact) mass is 291 g/mol. The van der Waals surface area contributed by atoms with Crippen molar-refractivity contribution >= 4 is 5.97 Å². The molecule has 1 fully saturated rings. The molecule has 0 aromatic heterocycles. The van der Waals surface area contributed by atoms with Crippen LogP contribution < -0.4 is 10.1 Å². The molecule has 0 aliphatic heterocycles. The molecule has 0 unspecified atom stereocenters. The summed E-state index contributed by atoms with van der Waals surface area (Å²) < 4.78 is 10.4. The minimum absolute atomic E-state index is 0.187. The van der Waals surface area contributed by atoms with Gasteiger partial charge in [0.1, 0.15) is 5.75 Å². The van der Waals surface area contributed by atoms with E-state index in [0.717, 1.165) is 29.5 Å². The zero-order chi connectivity index (χ0) is 15.2. The Kier molecular flexibility index (Phi) is 5.62. The number of aryl methyl sites for hydroxylation is 2. The first-order valence-corrected chi connectivity index (χ1v) is 7.63. The third-order valence-corrected chi connectivity index (χ3v) is 3.69. The van der Waals surface area contributed by atoms with Crippen LogP contribution in [0.1, 0.15) is 42.4 Å². The van der Waals surface area contributed by atoms with Crippen molar-refractivity contribution in [3.8, 4) is 5.75 Å².